The van der Waals surface area contributed by atoms with E-state index in [1.807, 2.05) is 31.2 Å². The van der Waals surface area contributed by atoms with E-state index in [1.54, 1.807) is 0 Å². The molecule has 0 spiro atoms. The van der Waals surface area contributed by atoms with E-state index in [-0.39, 0.29) is 23.1 Å². The summed E-state index contributed by atoms with van der Waals surface area (Å²) >= 11 is 3.33. The predicted molar refractivity (Wildman–Crippen MR) is 89.7 cm³/mol. The van der Waals surface area contributed by atoms with Gasteiger partial charge in [0.25, 0.3) is 0 Å². The third kappa shape index (κ3) is 6.29. The normalized spacial score (nSPS) is 11.8. The fourth-order valence-electron chi connectivity index (χ4n) is 1.96. The number of carbonyl (C=O) groups is 2. The predicted octanol–water partition coefficient (Wildman–Crippen LogP) is 3.26. The van der Waals surface area contributed by atoms with Crippen molar-refractivity contribution in [2.24, 2.45) is 0 Å². The lowest BCUT2D eigenvalue weighted by Crippen LogP contribution is -2.33. The molecule has 0 fully saturated rings. The Morgan fingerprint density at radius 1 is 1.24 bits per heavy atom. The molecule has 1 aromatic carbocycles. The Hall–Kier alpha value is -1.36. The number of nitrogens with one attached hydrogen (secondary N) is 2. The highest BCUT2D eigenvalue weighted by Crippen LogP contribution is 2.15. The lowest BCUT2D eigenvalue weighted by atomic mass is 10.1. The van der Waals surface area contributed by atoms with Crippen LogP contribution in [-0.2, 0) is 16.0 Å². The molecule has 1 rings (SSSR count). The van der Waals surface area contributed by atoms with Gasteiger partial charge in [0.05, 0.1) is 4.83 Å². The molecule has 0 aliphatic carbocycles. The molecule has 0 radical (unpaired) electrons. The third-order valence-corrected chi connectivity index (χ3v) is 4.02. The maximum Gasteiger partial charge on any atom is 0.233 e. The van der Waals surface area contributed by atoms with Crippen molar-refractivity contribution in [3.8, 4) is 0 Å². The molecular formula is C16H23BrN2O2. The molecule has 116 valence electrons. The molecule has 5 heteroatoms. The molecule has 2 N–H and O–H groups in total. The summed E-state index contributed by atoms with van der Waals surface area (Å²) in [4.78, 5) is 23.4. The SMILES string of the molecule is CCC[C@@H](Br)C(=O)NCCC(=O)Nc1ccccc1CC. The van der Waals surface area contributed by atoms with Crippen LogP contribution in [-0.4, -0.2) is 23.2 Å². The van der Waals surface area contributed by atoms with Crippen LogP contribution >= 0.6 is 15.9 Å². The van der Waals surface area contributed by atoms with Gasteiger partial charge in [-0.05, 0) is 24.5 Å². The van der Waals surface area contributed by atoms with E-state index in [0.29, 0.717) is 6.54 Å². The first kappa shape index (κ1) is 17.7. The first-order chi connectivity index (χ1) is 10.1. The summed E-state index contributed by atoms with van der Waals surface area (Å²) in [5.74, 6) is -0.142. The monoisotopic (exact) mass is 354 g/mol. The minimum absolute atomic E-state index is 0.0568. The molecule has 1 aromatic rings. The number of para-hydroxylation sites is 1. The minimum atomic E-state index is -0.175. The van der Waals surface area contributed by atoms with E-state index in [2.05, 4.69) is 33.5 Å². The van der Waals surface area contributed by atoms with Crippen molar-refractivity contribution >= 4 is 33.4 Å². The molecule has 4 nitrogen and oxygen atoms in total. The van der Waals surface area contributed by atoms with Gasteiger partial charge in [0.1, 0.15) is 0 Å². The van der Waals surface area contributed by atoms with E-state index in [4.69, 9.17) is 0 Å². The van der Waals surface area contributed by atoms with Gasteiger partial charge in [0.15, 0.2) is 0 Å². The van der Waals surface area contributed by atoms with Crippen LogP contribution in [0.5, 0.6) is 0 Å². The maximum atomic E-state index is 11.9. The highest BCUT2D eigenvalue weighted by molar-refractivity contribution is 9.10. The van der Waals surface area contributed by atoms with E-state index in [1.165, 1.54) is 0 Å². The van der Waals surface area contributed by atoms with Gasteiger partial charge in [-0.25, -0.2) is 0 Å². The number of alkyl halides is 1. The molecule has 21 heavy (non-hydrogen) atoms. The van der Waals surface area contributed by atoms with Crippen molar-refractivity contribution in [3.63, 3.8) is 0 Å². The Balaban J connectivity index is 2.36. The van der Waals surface area contributed by atoms with Gasteiger partial charge < -0.3 is 10.6 Å². The van der Waals surface area contributed by atoms with Crippen LogP contribution in [0.4, 0.5) is 5.69 Å². The highest BCUT2D eigenvalue weighted by Gasteiger charge is 2.13. The summed E-state index contributed by atoms with van der Waals surface area (Å²) in [6, 6.07) is 7.75. The van der Waals surface area contributed by atoms with Crippen LogP contribution in [0.3, 0.4) is 0 Å². The zero-order chi connectivity index (χ0) is 15.7. The number of rotatable bonds is 8. The second-order valence-electron chi connectivity index (χ2n) is 4.86. The van der Waals surface area contributed by atoms with Gasteiger partial charge in [-0.1, -0.05) is 54.4 Å². The number of hydrogen-bond donors (Lipinski definition) is 2. The fraction of sp³-hybridized carbons (Fsp3) is 0.500. The third-order valence-electron chi connectivity index (χ3n) is 3.15. The van der Waals surface area contributed by atoms with Crippen LogP contribution < -0.4 is 10.6 Å². The average molecular weight is 355 g/mol. The molecule has 0 heterocycles. The van der Waals surface area contributed by atoms with Crippen molar-refractivity contribution in [3.05, 3.63) is 29.8 Å². The molecule has 0 aliphatic rings. The van der Waals surface area contributed by atoms with E-state index in [0.717, 1.165) is 30.5 Å². The van der Waals surface area contributed by atoms with Gasteiger partial charge in [-0.3, -0.25) is 9.59 Å². The summed E-state index contributed by atoms with van der Waals surface area (Å²) in [5.41, 5.74) is 1.96. The van der Waals surface area contributed by atoms with Crippen molar-refractivity contribution in [2.75, 3.05) is 11.9 Å². The summed E-state index contributed by atoms with van der Waals surface area (Å²) in [6.45, 7) is 4.43. The maximum absolute atomic E-state index is 11.9. The number of benzene rings is 1. The van der Waals surface area contributed by atoms with Crippen LogP contribution in [0.2, 0.25) is 0 Å². The summed E-state index contributed by atoms with van der Waals surface area (Å²) in [5, 5.41) is 5.65. The second kappa shape index (κ2) is 9.55. The van der Waals surface area contributed by atoms with Gasteiger partial charge in [-0.15, -0.1) is 0 Å². The first-order valence-electron chi connectivity index (χ1n) is 7.38. The van der Waals surface area contributed by atoms with Crippen LogP contribution in [0.25, 0.3) is 0 Å². The van der Waals surface area contributed by atoms with Gasteiger partial charge >= 0.3 is 0 Å². The quantitative estimate of drug-likeness (QED) is 0.704. The molecule has 0 unspecified atom stereocenters. The van der Waals surface area contributed by atoms with Gasteiger partial charge in [0, 0.05) is 18.7 Å². The number of halogens is 1. The average Bonchev–Trinajstić information content (AvgIpc) is 2.47. The first-order valence-corrected chi connectivity index (χ1v) is 8.29. The smallest absolute Gasteiger partial charge is 0.233 e. The van der Waals surface area contributed by atoms with E-state index >= 15 is 0 Å². The van der Waals surface area contributed by atoms with Gasteiger partial charge in [-0.2, -0.15) is 0 Å². The number of amides is 2. The van der Waals surface area contributed by atoms with Crippen LogP contribution in [0, 0.1) is 0 Å². The van der Waals surface area contributed by atoms with Gasteiger partial charge in [0.2, 0.25) is 11.8 Å². The largest absolute Gasteiger partial charge is 0.355 e. The zero-order valence-electron chi connectivity index (χ0n) is 12.6. The van der Waals surface area contributed by atoms with E-state index < -0.39 is 0 Å². The van der Waals surface area contributed by atoms with Crippen molar-refractivity contribution in [1.82, 2.24) is 5.32 Å². The lowest BCUT2D eigenvalue weighted by Gasteiger charge is -2.11. The fourth-order valence-corrected chi connectivity index (χ4v) is 2.58. The molecule has 0 saturated heterocycles. The molecule has 0 saturated carbocycles. The molecule has 0 bridgehead atoms. The molecule has 0 aromatic heterocycles. The Morgan fingerprint density at radius 3 is 2.62 bits per heavy atom. The molecule has 1 atom stereocenters. The van der Waals surface area contributed by atoms with Crippen molar-refractivity contribution in [1.29, 1.82) is 0 Å². The second-order valence-corrected chi connectivity index (χ2v) is 5.96. The summed E-state index contributed by atoms with van der Waals surface area (Å²) in [7, 11) is 0. The Kier molecular flexibility index (Phi) is 8.05. The van der Waals surface area contributed by atoms with E-state index in [9.17, 15) is 9.59 Å². The van der Waals surface area contributed by atoms with Crippen LogP contribution in [0.15, 0.2) is 24.3 Å². The molecule has 2 amide bonds. The Bertz CT molecular complexity index is 477. The Labute approximate surface area is 134 Å². The zero-order valence-corrected chi connectivity index (χ0v) is 14.2. The topological polar surface area (TPSA) is 58.2 Å². The number of hydrogen-bond acceptors (Lipinski definition) is 2. The number of aryl methyl sites for hydroxylation is 1. The molecule has 0 aliphatic heterocycles. The van der Waals surface area contributed by atoms with Crippen molar-refractivity contribution in [2.45, 2.75) is 44.4 Å². The minimum Gasteiger partial charge on any atom is -0.355 e. The number of carbonyl (C=O) groups excluding carboxylic acids is 2. The summed E-state index contributed by atoms with van der Waals surface area (Å²) < 4.78 is 0. The molecular weight excluding hydrogens is 332 g/mol. The lowest BCUT2D eigenvalue weighted by molar-refractivity contribution is -0.120. The Morgan fingerprint density at radius 2 is 1.95 bits per heavy atom. The van der Waals surface area contributed by atoms with Crippen molar-refractivity contribution < 1.29 is 9.59 Å². The standard InChI is InChI=1S/C16H23BrN2O2/c1-3-7-13(17)16(21)18-11-10-15(20)19-14-9-6-5-8-12(14)4-2/h5-6,8-9,13H,3-4,7,10-11H2,1-2H3,(H,18,21)(H,19,20)/t13-/m1/s1. The highest BCUT2D eigenvalue weighted by atomic mass is 79.9. The summed E-state index contributed by atoms with van der Waals surface area (Å²) in [6.07, 6.45) is 2.88. The van der Waals surface area contributed by atoms with Crippen LogP contribution in [0.1, 0.15) is 38.7 Å². The number of anilines is 1.